The van der Waals surface area contributed by atoms with Crippen LogP contribution in [0.15, 0.2) is 41.0 Å². The Labute approximate surface area is 121 Å². The van der Waals surface area contributed by atoms with Gasteiger partial charge in [-0.25, -0.2) is 4.39 Å². The van der Waals surface area contributed by atoms with Crippen LogP contribution in [0.5, 0.6) is 0 Å². The Hall–Kier alpha value is -2.81. The Morgan fingerprint density at radius 1 is 1.43 bits per heavy atom. The van der Waals surface area contributed by atoms with E-state index >= 15 is 0 Å². The van der Waals surface area contributed by atoms with Gasteiger partial charge >= 0.3 is 0 Å². The van der Waals surface area contributed by atoms with Crippen molar-refractivity contribution < 1.29 is 13.6 Å². The zero-order chi connectivity index (χ0) is 15.2. The normalized spacial score (nSPS) is 11.5. The van der Waals surface area contributed by atoms with Crippen molar-refractivity contribution in [3.05, 3.63) is 53.7 Å². The van der Waals surface area contributed by atoms with Crippen molar-refractivity contribution in [2.24, 2.45) is 0 Å². The predicted octanol–water partition coefficient (Wildman–Crippen LogP) is 2.41. The summed E-state index contributed by atoms with van der Waals surface area (Å²) >= 11 is 0. The minimum atomic E-state index is -0.620. The van der Waals surface area contributed by atoms with Crippen LogP contribution in [0.25, 0.3) is 0 Å². The van der Waals surface area contributed by atoms with Crippen molar-refractivity contribution in [2.75, 3.05) is 5.32 Å². The second kappa shape index (κ2) is 6.57. The van der Waals surface area contributed by atoms with Gasteiger partial charge in [0.2, 0.25) is 5.91 Å². The molecule has 1 amide bonds. The average molecular weight is 287 g/mol. The molecule has 6 heteroatoms. The molecule has 0 fully saturated rings. The molecule has 1 atom stereocenters. The number of nitrogens with zero attached hydrogens (tertiary/aromatic N) is 1. The van der Waals surface area contributed by atoms with Gasteiger partial charge in [0.25, 0.3) is 0 Å². The van der Waals surface area contributed by atoms with Gasteiger partial charge in [0.15, 0.2) is 0 Å². The lowest BCUT2D eigenvalue weighted by atomic mass is 10.1. The number of amides is 1. The van der Waals surface area contributed by atoms with Crippen LogP contribution in [0.3, 0.4) is 0 Å². The summed E-state index contributed by atoms with van der Waals surface area (Å²) in [4.78, 5) is 11.9. The molecule has 0 bridgehead atoms. The van der Waals surface area contributed by atoms with Crippen LogP contribution in [0, 0.1) is 17.1 Å². The second-order valence-electron chi connectivity index (χ2n) is 4.44. The lowest BCUT2D eigenvalue weighted by Gasteiger charge is -2.16. The van der Waals surface area contributed by atoms with E-state index in [1.165, 1.54) is 18.4 Å². The number of benzene rings is 1. The first-order valence-corrected chi connectivity index (χ1v) is 6.37. The minimum absolute atomic E-state index is 0.108. The fourth-order valence-electron chi connectivity index (χ4n) is 1.80. The van der Waals surface area contributed by atoms with E-state index in [1.807, 2.05) is 0 Å². The molecule has 2 aromatic rings. The van der Waals surface area contributed by atoms with Crippen molar-refractivity contribution in [3.63, 3.8) is 0 Å². The second-order valence-corrected chi connectivity index (χ2v) is 4.44. The minimum Gasteiger partial charge on any atom is -0.467 e. The summed E-state index contributed by atoms with van der Waals surface area (Å²) in [5.41, 5.74) is 0.182. The molecule has 0 aliphatic carbocycles. The molecule has 1 aromatic heterocycles. The number of anilines is 1. The summed E-state index contributed by atoms with van der Waals surface area (Å²) in [6, 6.07) is 8.87. The Kier molecular flexibility index (Phi) is 4.57. The number of hydrogen-bond donors (Lipinski definition) is 2. The molecule has 108 valence electrons. The molecule has 2 rings (SSSR count). The van der Waals surface area contributed by atoms with E-state index in [-0.39, 0.29) is 23.7 Å². The molecule has 21 heavy (non-hydrogen) atoms. The number of halogens is 1. The van der Waals surface area contributed by atoms with E-state index in [2.05, 4.69) is 10.6 Å². The van der Waals surface area contributed by atoms with E-state index in [0.717, 1.165) is 0 Å². The van der Waals surface area contributed by atoms with Gasteiger partial charge in [0.1, 0.15) is 29.3 Å². The van der Waals surface area contributed by atoms with Crippen molar-refractivity contribution in [3.8, 4) is 6.07 Å². The number of rotatable bonds is 5. The summed E-state index contributed by atoms with van der Waals surface area (Å²) in [7, 11) is 0. The topological polar surface area (TPSA) is 78.1 Å². The highest BCUT2D eigenvalue weighted by atomic mass is 19.1. The Bertz CT molecular complexity index is 662. The summed E-state index contributed by atoms with van der Waals surface area (Å²) in [6.07, 6.45) is 1.52. The van der Waals surface area contributed by atoms with Crippen LogP contribution in [-0.4, -0.2) is 11.9 Å². The van der Waals surface area contributed by atoms with Crippen molar-refractivity contribution in [1.82, 2.24) is 5.32 Å². The highest BCUT2D eigenvalue weighted by molar-refractivity contribution is 5.84. The highest BCUT2D eigenvalue weighted by Gasteiger charge is 2.15. The molecular weight excluding hydrogens is 273 g/mol. The zero-order valence-corrected chi connectivity index (χ0v) is 11.4. The smallest absolute Gasteiger partial charge is 0.242 e. The first kappa shape index (κ1) is 14.6. The Morgan fingerprint density at radius 3 is 2.90 bits per heavy atom. The molecule has 0 saturated carbocycles. The third kappa shape index (κ3) is 3.60. The van der Waals surface area contributed by atoms with Gasteiger partial charge < -0.3 is 15.1 Å². The highest BCUT2D eigenvalue weighted by Crippen LogP contribution is 2.18. The van der Waals surface area contributed by atoms with Crippen LogP contribution in [-0.2, 0) is 11.3 Å². The molecule has 2 N–H and O–H groups in total. The van der Waals surface area contributed by atoms with Crippen molar-refractivity contribution >= 4 is 11.6 Å². The lowest BCUT2D eigenvalue weighted by molar-refractivity contribution is -0.121. The van der Waals surface area contributed by atoms with Crippen molar-refractivity contribution in [2.45, 2.75) is 19.5 Å². The first-order valence-electron chi connectivity index (χ1n) is 6.37. The molecule has 0 aliphatic heterocycles. The van der Waals surface area contributed by atoms with Crippen LogP contribution < -0.4 is 10.6 Å². The number of hydrogen-bond acceptors (Lipinski definition) is 4. The number of nitrogens with one attached hydrogen (secondary N) is 2. The van der Waals surface area contributed by atoms with E-state index in [1.54, 1.807) is 31.2 Å². The van der Waals surface area contributed by atoms with Gasteiger partial charge in [-0.05, 0) is 31.2 Å². The molecule has 0 spiro atoms. The van der Waals surface area contributed by atoms with Crippen LogP contribution in [0.4, 0.5) is 10.1 Å². The van der Waals surface area contributed by atoms with Gasteiger partial charge in [0, 0.05) is 0 Å². The molecule has 1 unspecified atom stereocenters. The summed E-state index contributed by atoms with van der Waals surface area (Å²) in [5.74, 6) is -0.260. The summed E-state index contributed by atoms with van der Waals surface area (Å²) < 4.78 is 18.6. The maximum absolute atomic E-state index is 13.5. The molecule has 0 aliphatic rings. The van der Waals surface area contributed by atoms with Gasteiger partial charge in [-0.15, -0.1) is 0 Å². The van der Waals surface area contributed by atoms with Crippen LogP contribution >= 0.6 is 0 Å². The van der Waals surface area contributed by atoms with Crippen LogP contribution in [0.1, 0.15) is 18.2 Å². The number of nitriles is 1. The number of carbonyl (C=O) groups is 1. The maximum atomic E-state index is 13.5. The average Bonchev–Trinajstić information content (AvgIpc) is 2.98. The fraction of sp³-hybridized carbons (Fsp3) is 0.200. The molecule has 1 heterocycles. The monoisotopic (exact) mass is 287 g/mol. The van der Waals surface area contributed by atoms with Crippen LogP contribution in [0.2, 0.25) is 0 Å². The molecule has 0 radical (unpaired) electrons. The quantitative estimate of drug-likeness (QED) is 0.885. The number of carbonyl (C=O) groups excluding carboxylic acids is 1. The molecule has 0 saturated heterocycles. The SMILES string of the molecule is CC(Nc1cccc(F)c1C#N)C(=O)NCc1ccco1. The standard InChI is InChI=1S/C15H14FN3O2/c1-10(15(20)18-9-11-4-3-7-21-11)19-14-6-2-5-13(16)12(14)8-17/h2-7,10,19H,9H2,1H3,(H,18,20). The zero-order valence-electron chi connectivity index (χ0n) is 11.4. The summed E-state index contributed by atoms with van der Waals surface area (Å²) in [6.45, 7) is 1.90. The third-order valence-electron chi connectivity index (χ3n) is 2.91. The molecular formula is C15H14FN3O2. The Morgan fingerprint density at radius 2 is 2.24 bits per heavy atom. The predicted molar refractivity (Wildman–Crippen MR) is 74.8 cm³/mol. The third-order valence-corrected chi connectivity index (χ3v) is 2.91. The van der Waals surface area contributed by atoms with E-state index in [4.69, 9.17) is 9.68 Å². The Balaban J connectivity index is 1.98. The first-order chi connectivity index (χ1) is 10.1. The van der Waals surface area contributed by atoms with Gasteiger partial charge in [-0.3, -0.25) is 4.79 Å². The van der Waals surface area contributed by atoms with Gasteiger partial charge in [0.05, 0.1) is 18.5 Å². The molecule has 5 nitrogen and oxygen atoms in total. The van der Waals surface area contributed by atoms with E-state index in [0.29, 0.717) is 5.76 Å². The fourth-order valence-corrected chi connectivity index (χ4v) is 1.80. The number of furan rings is 1. The van der Waals surface area contributed by atoms with E-state index < -0.39 is 11.9 Å². The van der Waals surface area contributed by atoms with E-state index in [9.17, 15) is 9.18 Å². The summed E-state index contributed by atoms with van der Waals surface area (Å²) in [5, 5.41) is 14.4. The van der Waals surface area contributed by atoms with Gasteiger partial charge in [-0.1, -0.05) is 6.07 Å². The van der Waals surface area contributed by atoms with Crippen molar-refractivity contribution in [1.29, 1.82) is 5.26 Å². The lowest BCUT2D eigenvalue weighted by Crippen LogP contribution is -2.37. The largest absolute Gasteiger partial charge is 0.467 e. The molecule has 1 aromatic carbocycles. The maximum Gasteiger partial charge on any atom is 0.242 e. The van der Waals surface area contributed by atoms with Gasteiger partial charge in [-0.2, -0.15) is 5.26 Å².